The van der Waals surface area contributed by atoms with Gasteiger partial charge in [0.1, 0.15) is 0 Å². The average Bonchev–Trinajstić information content (AvgIpc) is 1.86. The Balaban J connectivity index is 0. The van der Waals surface area contributed by atoms with E-state index in [2.05, 4.69) is 5.73 Å². The Morgan fingerprint density at radius 1 is 1.58 bits per heavy atom. The minimum atomic E-state index is -0.360. The molecule has 0 rings (SSSR count). The molecule has 0 spiro atoms. The van der Waals surface area contributed by atoms with Crippen LogP contribution in [0.3, 0.4) is 0 Å². The van der Waals surface area contributed by atoms with E-state index in [1.54, 1.807) is 18.0 Å². The predicted octanol–water partition coefficient (Wildman–Crippen LogP) is -0.355. The lowest BCUT2D eigenvalue weighted by Gasteiger charge is -2.04. The normalized spacial score (nSPS) is 10.2. The van der Waals surface area contributed by atoms with Crippen LogP contribution in [-0.2, 0) is 9.53 Å². The first-order valence-electron chi connectivity index (χ1n) is 3.45. The summed E-state index contributed by atoms with van der Waals surface area (Å²) in [5, 5.41) is 0. The van der Waals surface area contributed by atoms with E-state index in [1.807, 2.05) is 14.1 Å². The van der Waals surface area contributed by atoms with Gasteiger partial charge >= 0.3 is 5.97 Å². The molecule has 0 atom stereocenters. The lowest BCUT2D eigenvalue weighted by Crippen LogP contribution is -2.52. The van der Waals surface area contributed by atoms with Crippen molar-refractivity contribution in [2.24, 2.45) is 0 Å². The van der Waals surface area contributed by atoms with Crippen molar-refractivity contribution in [3.63, 3.8) is 0 Å². The zero-order valence-electron chi connectivity index (χ0n) is 8.26. The smallest absolute Gasteiger partial charge is 0.394 e. The van der Waals surface area contributed by atoms with Crippen molar-refractivity contribution in [1.29, 1.82) is 0 Å². The quantitative estimate of drug-likeness (QED) is 0.361. The zero-order chi connectivity index (χ0) is 8.85. The molecular formula is C8H18N2O2. The molecule has 0 aromatic rings. The molecule has 0 aliphatic heterocycles. The van der Waals surface area contributed by atoms with E-state index in [-0.39, 0.29) is 13.4 Å². The predicted molar refractivity (Wildman–Crippen MR) is 47.7 cm³/mol. The van der Waals surface area contributed by atoms with E-state index in [9.17, 15) is 4.79 Å². The third-order valence-corrected chi connectivity index (χ3v) is 0.952. The highest BCUT2D eigenvalue weighted by molar-refractivity contribution is 5.84. The van der Waals surface area contributed by atoms with Crippen molar-refractivity contribution in [3.8, 4) is 0 Å². The molecule has 0 amide bonds. The number of carbonyl (C=O) groups excluding carboxylic acids is 1. The number of quaternary nitrogens is 1. The molecule has 3 N–H and O–H groups in total. The van der Waals surface area contributed by atoms with Gasteiger partial charge in [0.05, 0.1) is 12.8 Å². The Kier molecular flexibility index (Phi) is 7.53. The first-order valence-corrected chi connectivity index (χ1v) is 3.45. The Morgan fingerprint density at radius 3 is 2.42 bits per heavy atom. The fourth-order valence-corrected chi connectivity index (χ4v) is 0.588. The van der Waals surface area contributed by atoms with Crippen molar-refractivity contribution < 1.29 is 15.3 Å². The van der Waals surface area contributed by atoms with Crippen LogP contribution in [-0.4, -0.2) is 31.6 Å². The van der Waals surface area contributed by atoms with Gasteiger partial charge in [-0.25, -0.2) is 4.79 Å². The van der Waals surface area contributed by atoms with Crippen LogP contribution < -0.4 is 5.73 Å². The van der Waals surface area contributed by atoms with Gasteiger partial charge in [0.2, 0.25) is 5.70 Å². The Hall–Kier alpha value is -1.03. The van der Waals surface area contributed by atoms with Crippen molar-refractivity contribution >= 4 is 5.97 Å². The van der Waals surface area contributed by atoms with Crippen LogP contribution in [0.1, 0.15) is 6.92 Å². The van der Waals surface area contributed by atoms with Gasteiger partial charge in [-0.3, -0.25) is 0 Å². The molecule has 12 heavy (non-hydrogen) atoms. The van der Waals surface area contributed by atoms with Crippen molar-refractivity contribution in [1.82, 2.24) is 4.90 Å². The molecule has 0 fully saturated rings. The maximum Gasteiger partial charge on any atom is 0.394 e. The fourth-order valence-electron chi connectivity index (χ4n) is 0.588. The second kappa shape index (κ2) is 6.67. The van der Waals surface area contributed by atoms with E-state index in [4.69, 9.17) is 4.74 Å². The fraction of sp³-hybridized carbons (Fsp3) is 0.500. The zero-order valence-corrected chi connectivity index (χ0v) is 8.26. The molecule has 4 heteroatoms. The molecule has 0 saturated carbocycles. The average molecular weight is 174 g/mol. The number of carbonyl (C=O) groups is 1. The summed E-state index contributed by atoms with van der Waals surface area (Å²) in [6, 6.07) is 0. The van der Waals surface area contributed by atoms with Crippen LogP contribution in [0.2, 0.25) is 0 Å². The van der Waals surface area contributed by atoms with Crippen LogP contribution in [0.25, 0.3) is 0 Å². The number of nitrogens with zero attached hydrogens (tertiary/aromatic N) is 1. The molecule has 0 unspecified atom stereocenters. The van der Waals surface area contributed by atoms with Gasteiger partial charge in [-0.15, -0.1) is 0 Å². The molecule has 4 nitrogen and oxygen atoms in total. The maximum atomic E-state index is 10.9. The van der Waals surface area contributed by atoms with Crippen LogP contribution in [0, 0.1) is 7.43 Å². The maximum absolute atomic E-state index is 10.9. The van der Waals surface area contributed by atoms with Crippen molar-refractivity contribution in [3.05, 3.63) is 19.3 Å². The van der Waals surface area contributed by atoms with Crippen LogP contribution in [0.5, 0.6) is 0 Å². The van der Waals surface area contributed by atoms with Crippen molar-refractivity contribution in [2.75, 3.05) is 20.7 Å². The number of hydrogen-bond donors (Lipinski definition) is 1. The molecule has 0 aliphatic rings. The third kappa shape index (κ3) is 5.73. The largest absolute Gasteiger partial charge is 0.458 e. The summed E-state index contributed by atoms with van der Waals surface area (Å²) in [4.78, 5) is 12.6. The molecule has 0 saturated heterocycles. The Morgan fingerprint density at radius 2 is 2.08 bits per heavy atom. The van der Waals surface area contributed by atoms with Gasteiger partial charge < -0.3 is 22.8 Å². The standard InChI is InChI=1S/C7H14N2O2.CH3/c1-4-11-7(10)6(8)5-9(2)3;/h5H,4,8H2,1-3H3;1H3/q;-1/p+1. The summed E-state index contributed by atoms with van der Waals surface area (Å²) < 4.78 is 4.71. The highest BCUT2D eigenvalue weighted by Crippen LogP contribution is 1.88. The summed E-state index contributed by atoms with van der Waals surface area (Å²) in [6.07, 6.45) is 1.62. The molecule has 72 valence electrons. The summed E-state index contributed by atoms with van der Waals surface area (Å²) in [6.45, 7) is 2.15. The van der Waals surface area contributed by atoms with Gasteiger partial charge in [-0.05, 0) is 6.92 Å². The van der Waals surface area contributed by atoms with E-state index in [0.29, 0.717) is 12.3 Å². The van der Waals surface area contributed by atoms with Crippen molar-refractivity contribution in [2.45, 2.75) is 6.92 Å². The first kappa shape index (κ1) is 13.6. The lowest BCUT2D eigenvalue weighted by atomic mass is 10.5. The third-order valence-electron chi connectivity index (χ3n) is 0.952. The second-order valence-electron chi connectivity index (χ2n) is 2.34. The van der Waals surface area contributed by atoms with Crippen LogP contribution in [0.4, 0.5) is 0 Å². The molecular weight excluding hydrogens is 156 g/mol. The summed E-state index contributed by atoms with van der Waals surface area (Å²) in [5.41, 5.74) is 3.91. The molecule has 0 aromatic heterocycles. The Bertz CT molecular complexity index is 164. The molecule has 0 heterocycles. The van der Waals surface area contributed by atoms with Gasteiger partial charge in [0.15, 0.2) is 0 Å². The highest BCUT2D eigenvalue weighted by Gasteiger charge is 2.09. The minimum absolute atomic E-state index is 0. The summed E-state index contributed by atoms with van der Waals surface area (Å²) in [7, 11) is 3.65. The van der Waals surface area contributed by atoms with E-state index in [0.717, 1.165) is 0 Å². The van der Waals surface area contributed by atoms with Crippen LogP contribution in [0.15, 0.2) is 11.9 Å². The topological polar surface area (TPSA) is 57.2 Å². The number of hydrogen-bond acceptors (Lipinski definition) is 3. The summed E-state index contributed by atoms with van der Waals surface area (Å²) in [5.74, 6) is -0.360. The van der Waals surface area contributed by atoms with E-state index >= 15 is 0 Å². The lowest BCUT2D eigenvalue weighted by molar-refractivity contribution is -0.304. The number of ether oxygens (including phenoxy) is 1. The SMILES string of the molecule is CCOC(=O)C([NH3+])=CN(C)C.[CH3-]. The van der Waals surface area contributed by atoms with E-state index in [1.165, 1.54) is 0 Å². The van der Waals surface area contributed by atoms with Gasteiger partial charge in [-0.2, -0.15) is 0 Å². The minimum Gasteiger partial charge on any atom is -0.458 e. The second-order valence-corrected chi connectivity index (χ2v) is 2.34. The summed E-state index contributed by atoms with van der Waals surface area (Å²) >= 11 is 0. The Labute approximate surface area is 74.0 Å². The molecule has 0 aromatic carbocycles. The number of esters is 1. The monoisotopic (exact) mass is 174 g/mol. The highest BCUT2D eigenvalue weighted by atomic mass is 16.5. The molecule has 0 radical (unpaired) electrons. The van der Waals surface area contributed by atoms with Gasteiger partial charge in [0, 0.05) is 14.1 Å². The van der Waals surface area contributed by atoms with Gasteiger partial charge in [-0.1, -0.05) is 0 Å². The van der Waals surface area contributed by atoms with Crippen LogP contribution >= 0.6 is 0 Å². The first-order chi connectivity index (χ1) is 5.07. The van der Waals surface area contributed by atoms with Gasteiger partial charge in [0.25, 0.3) is 0 Å². The molecule has 0 aliphatic carbocycles. The molecule has 0 bridgehead atoms. The van der Waals surface area contributed by atoms with E-state index < -0.39 is 0 Å². The number of rotatable bonds is 3.